The third-order valence-corrected chi connectivity index (χ3v) is 4.83. The first kappa shape index (κ1) is 16.3. The Morgan fingerprint density at radius 2 is 2.33 bits per heavy atom. The lowest BCUT2D eigenvalue weighted by atomic mass is 10.2. The van der Waals surface area contributed by atoms with Crippen molar-refractivity contribution in [2.45, 2.75) is 5.25 Å². The summed E-state index contributed by atoms with van der Waals surface area (Å²) in [7, 11) is 0. The van der Waals surface area contributed by atoms with E-state index < -0.39 is 0 Å². The van der Waals surface area contributed by atoms with Gasteiger partial charge in [0.05, 0.1) is 6.26 Å². The zero-order valence-electron chi connectivity index (χ0n) is 13.0. The van der Waals surface area contributed by atoms with Crippen LogP contribution >= 0.6 is 11.8 Å². The number of aromatic nitrogens is 1. The van der Waals surface area contributed by atoms with Crippen molar-refractivity contribution in [3.63, 3.8) is 0 Å². The van der Waals surface area contributed by atoms with Crippen LogP contribution in [0.15, 0.2) is 53.8 Å². The van der Waals surface area contributed by atoms with Gasteiger partial charge in [0.2, 0.25) is 11.8 Å². The molecule has 1 N–H and O–H groups in total. The summed E-state index contributed by atoms with van der Waals surface area (Å²) >= 11 is 1.55. The van der Waals surface area contributed by atoms with Crippen LogP contribution in [0, 0.1) is 0 Å². The summed E-state index contributed by atoms with van der Waals surface area (Å²) in [5.74, 6) is 1.10. The molecule has 0 saturated carbocycles. The van der Waals surface area contributed by atoms with Gasteiger partial charge in [0, 0.05) is 30.7 Å². The van der Waals surface area contributed by atoms with Crippen LogP contribution in [0.25, 0.3) is 11.5 Å². The highest BCUT2D eigenvalue weighted by atomic mass is 32.2. The Morgan fingerprint density at radius 3 is 3.08 bits per heavy atom. The maximum atomic E-state index is 12.5. The monoisotopic (exact) mass is 343 g/mol. The summed E-state index contributed by atoms with van der Waals surface area (Å²) in [5, 5.41) is 2.58. The van der Waals surface area contributed by atoms with Gasteiger partial charge in [0.1, 0.15) is 10.9 Å². The van der Waals surface area contributed by atoms with Crippen molar-refractivity contribution in [3.05, 3.63) is 49.4 Å². The van der Waals surface area contributed by atoms with Gasteiger partial charge in [0.25, 0.3) is 0 Å². The zero-order chi connectivity index (χ0) is 16.9. The maximum Gasteiger partial charge on any atom is 0.246 e. The van der Waals surface area contributed by atoms with Gasteiger partial charge in [-0.05, 0) is 30.3 Å². The third-order valence-electron chi connectivity index (χ3n) is 3.65. The molecule has 0 aromatic carbocycles. The number of pyridine rings is 1. The molecule has 3 heterocycles. The number of nitrogens with zero attached hydrogens (tertiary/aromatic N) is 2. The third kappa shape index (κ3) is 3.68. The second-order valence-electron chi connectivity index (χ2n) is 5.24. The number of rotatable bonds is 4. The van der Waals surface area contributed by atoms with Crippen molar-refractivity contribution >= 4 is 29.3 Å². The van der Waals surface area contributed by atoms with Crippen LogP contribution in [0.4, 0.5) is 5.69 Å². The van der Waals surface area contributed by atoms with E-state index in [0.717, 1.165) is 5.75 Å². The highest BCUT2D eigenvalue weighted by molar-refractivity contribution is 8.00. The second kappa shape index (κ2) is 7.35. The second-order valence-corrected chi connectivity index (χ2v) is 6.55. The lowest BCUT2D eigenvalue weighted by molar-refractivity contribution is -0.126. The molecule has 24 heavy (non-hydrogen) atoms. The van der Waals surface area contributed by atoms with Crippen LogP contribution in [-0.2, 0) is 9.59 Å². The van der Waals surface area contributed by atoms with Gasteiger partial charge < -0.3 is 14.6 Å². The summed E-state index contributed by atoms with van der Waals surface area (Å²) < 4.78 is 5.32. The molecule has 0 bridgehead atoms. The Morgan fingerprint density at radius 1 is 1.46 bits per heavy atom. The van der Waals surface area contributed by atoms with Crippen LogP contribution in [0.3, 0.4) is 0 Å². The summed E-state index contributed by atoms with van der Waals surface area (Å²) in [4.78, 5) is 30.1. The van der Waals surface area contributed by atoms with Gasteiger partial charge in [-0.15, -0.1) is 11.8 Å². The average molecular weight is 343 g/mol. The summed E-state index contributed by atoms with van der Waals surface area (Å²) in [6.45, 7) is 4.52. The van der Waals surface area contributed by atoms with Crippen molar-refractivity contribution in [2.24, 2.45) is 0 Å². The Labute approximate surface area is 143 Å². The van der Waals surface area contributed by atoms with E-state index in [9.17, 15) is 9.59 Å². The van der Waals surface area contributed by atoms with Gasteiger partial charge in [0.15, 0.2) is 5.76 Å². The molecule has 2 aromatic rings. The average Bonchev–Trinajstić information content (AvgIpc) is 3.16. The number of amides is 2. The predicted octanol–water partition coefficient (Wildman–Crippen LogP) is 2.41. The van der Waals surface area contributed by atoms with E-state index in [4.69, 9.17) is 4.42 Å². The number of thioether (sulfide) groups is 1. The number of carbonyl (C=O) groups excluding carboxylic acids is 2. The fourth-order valence-corrected chi connectivity index (χ4v) is 3.53. The maximum absolute atomic E-state index is 12.5. The first-order chi connectivity index (χ1) is 11.7. The van der Waals surface area contributed by atoms with Gasteiger partial charge in [-0.2, -0.15) is 0 Å². The first-order valence-corrected chi connectivity index (χ1v) is 8.56. The molecule has 1 unspecified atom stereocenters. The van der Waals surface area contributed by atoms with Crippen molar-refractivity contribution in [1.29, 1.82) is 0 Å². The van der Waals surface area contributed by atoms with E-state index in [2.05, 4.69) is 16.9 Å². The highest BCUT2D eigenvalue weighted by Gasteiger charge is 2.28. The number of carbonyl (C=O) groups is 2. The lowest BCUT2D eigenvalue weighted by Gasteiger charge is -2.30. The molecule has 7 heteroatoms. The van der Waals surface area contributed by atoms with Crippen LogP contribution in [0.1, 0.15) is 0 Å². The molecule has 2 amide bonds. The van der Waals surface area contributed by atoms with Crippen LogP contribution in [0.2, 0.25) is 0 Å². The molecule has 0 radical (unpaired) electrons. The quantitative estimate of drug-likeness (QED) is 0.863. The number of furan rings is 1. The normalized spacial score (nSPS) is 17.3. The van der Waals surface area contributed by atoms with E-state index in [-0.39, 0.29) is 17.1 Å². The highest BCUT2D eigenvalue weighted by Crippen LogP contribution is 2.23. The van der Waals surface area contributed by atoms with Gasteiger partial charge in [-0.1, -0.05) is 6.58 Å². The van der Waals surface area contributed by atoms with E-state index in [0.29, 0.717) is 30.2 Å². The molecule has 0 spiro atoms. The molecule has 2 aromatic heterocycles. The minimum Gasteiger partial charge on any atom is -0.463 e. The molecule has 1 atom stereocenters. The van der Waals surface area contributed by atoms with Gasteiger partial charge in [-0.25, -0.2) is 0 Å². The van der Waals surface area contributed by atoms with Gasteiger partial charge >= 0.3 is 0 Å². The number of anilines is 1. The minimum absolute atomic E-state index is 0.127. The fraction of sp³-hybridized carbons (Fsp3) is 0.235. The van der Waals surface area contributed by atoms with E-state index in [1.54, 1.807) is 47.3 Å². The van der Waals surface area contributed by atoms with E-state index in [1.165, 1.54) is 6.08 Å². The lowest BCUT2D eigenvalue weighted by Crippen LogP contribution is -2.45. The Kier molecular flexibility index (Phi) is 5.00. The largest absolute Gasteiger partial charge is 0.463 e. The molecule has 3 rings (SSSR count). The number of nitrogens with one attached hydrogen (secondary N) is 1. The van der Waals surface area contributed by atoms with Crippen molar-refractivity contribution < 1.29 is 14.0 Å². The van der Waals surface area contributed by atoms with Crippen LogP contribution < -0.4 is 5.32 Å². The summed E-state index contributed by atoms with van der Waals surface area (Å²) in [6, 6.07) is 7.08. The molecule has 1 aliphatic rings. The van der Waals surface area contributed by atoms with E-state index >= 15 is 0 Å². The van der Waals surface area contributed by atoms with Crippen LogP contribution in [-0.4, -0.2) is 45.8 Å². The van der Waals surface area contributed by atoms with Crippen molar-refractivity contribution in [1.82, 2.24) is 9.88 Å². The van der Waals surface area contributed by atoms with Crippen LogP contribution in [0.5, 0.6) is 0 Å². The van der Waals surface area contributed by atoms with Gasteiger partial charge in [-0.3, -0.25) is 14.6 Å². The smallest absolute Gasteiger partial charge is 0.246 e. The number of hydrogen-bond acceptors (Lipinski definition) is 5. The molecule has 6 nitrogen and oxygen atoms in total. The topological polar surface area (TPSA) is 75.4 Å². The molecule has 124 valence electrons. The fourth-order valence-electron chi connectivity index (χ4n) is 2.43. The summed E-state index contributed by atoms with van der Waals surface area (Å²) in [5.41, 5.74) is 1.30. The first-order valence-electron chi connectivity index (χ1n) is 7.51. The molecular weight excluding hydrogens is 326 g/mol. The Hall–Kier alpha value is -2.54. The Balaban J connectivity index is 1.67. The van der Waals surface area contributed by atoms with Crippen molar-refractivity contribution in [3.8, 4) is 11.5 Å². The SMILES string of the molecule is C=CC(=O)N1CCSC(C(=O)Nc2ccnc(-c3ccco3)c2)C1. The standard InChI is InChI=1S/C17H17N3O3S/c1-2-16(21)20-7-9-24-15(11-20)17(22)19-12-5-6-18-13(10-12)14-4-3-8-23-14/h2-6,8,10,15H,1,7,9,11H2,(H,18,19,22). The number of hydrogen-bond donors (Lipinski definition) is 1. The molecule has 1 aliphatic heterocycles. The minimum atomic E-state index is -0.303. The molecule has 0 aliphatic carbocycles. The molecular formula is C17H17N3O3S. The van der Waals surface area contributed by atoms with Crippen molar-refractivity contribution in [2.75, 3.05) is 24.2 Å². The molecule has 1 saturated heterocycles. The predicted molar refractivity (Wildman–Crippen MR) is 93.6 cm³/mol. The summed E-state index contributed by atoms with van der Waals surface area (Å²) in [6.07, 6.45) is 4.48. The Bertz CT molecular complexity index is 745. The van der Waals surface area contributed by atoms with E-state index in [1.807, 2.05) is 6.07 Å². The molecule has 1 fully saturated rings. The zero-order valence-corrected chi connectivity index (χ0v) is 13.8.